The fraction of sp³-hybridized carbons (Fsp3) is 0.333. The molecule has 2 aromatic carbocycles. The Labute approximate surface area is 142 Å². The molecule has 0 radical (unpaired) electrons. The van der Waals surface area contributed by atoms with Crippen molar-refractivity contribution in [2.45, 2.75) is 38.6 Å². The van der Waals surface area contributed by atoms with Crippen molar-refractivity contribution in [3.63, 3.8) is 0 Å². The Hall–Kier alpha value is -1.64. The van der Waals surface area contributed by atoms with Crippen molar-refractivity contribution in [1.82, 2.24) is 0 Å². The number of allylic oxidation sites excluding steroid dienone is 2. The highest BCUT2D eigenvalue weighted by molar-refractivity contribution is 6.90. The van der Waals surface area contributed by atoms with Crippen LogP contribution in [0.25, 0.3) is 0 Å². The van der Waals surface area contributed by atoms with Crippen LogP contribution in [0.3, 0.4) is 0 Å². The van der Waals surface area contributed by atoms with Crippen molar-refractivity contribution in [1.29, 1.82) is 0 Å². The lowest BCUT2D eigenvalue weighted by molar-refractivity contribution is 0.119. The fourth-order valence-corrected chi connectivity index (χ4v) is 4.66. The van der Waals surface area contributed by atoms with E-state index in [2.05, 4.69) is 79.8 Å². The summed E-state index contributed by atoms with van der Waals surface area (Å²) in [6, 6.07) is 22.5. The van der Waals surface area contributed by atoms with E-state index in [9.17, 15) is 0 Å². The van der Waals surface area contributed by atoms with E-state index in [1.807, 2.05) is 6.07 Å². The van der Waals surface area contributed by atoms with Gasteiger partial charge in [-0.2, -0.15) is 0 Å². The first kappa shape index (κ1) is 17.7. The Morgan fingerprint density at radius 1 is 0.870 bits per heavy atom. The summed E-state index contributed by atoms with van der Waals surface area (Å²) in [7, 11) is -1.32. The molecule has 122 valence electrons. The maximum atomic E-state index is 5.71. The maximum absolute atomic E-state index is 5.71. The van der Waals surface area contributed by atoms with Crippen LogP contribution in [0, 0.1) is 0 Å². The van der Waals surface area contributed by atoms with Gasteiger partial charge in [0.1, 0.15) is 0 Å². The SMILES string of the molecule is C[Si](C)(C/C=C/CCCOCc1ccccc1)c1ccccc1. The zero-order chi connectivity index (χ0) is 16.4. The van der Waals surface area contributed by atoms with Crippen LogP contribution in [0.2, 0.25) is 19.1 Å². The first-order valence-electron chi connectivity index (χ1n) is 8.51. The Kier molecular flexibility index (Phi) is 7.30. The van der Waals surface area contributed by atoms with Crippen LogP contribution in [0.5, 0.6) is 0 Å². The largest absolute Gasteiger partial charge is 0.377 e. The molecule has 0 unspecified atom stereocenters. The molecular formula is C21H28OSi. The van der Waals surface area contributed by atoms with Gasteiger partial charge in [0.15, 0.2) is 0 Å². The second kappa shape index (κ2) is 9.49. The van der Waals surface area contributed by atoms with E-state index >= 15 is 0 Å². The van der Waals surface area contributed by atoms with Gasteiger partial charge >= 0.3 is 0 Å². The van der Waals surface area contributed by atoms with Crippen LogP contribution in [-0.2, 0) is 11.3 Å². The highest BCUT2D eigenvalue weighted by Gasteiger charge is 2.20. The number of unbranched alkanes of at least 4 members (excludes halogenated alkanes) is 1. The summed E-state index contributed by atoms with van der Waals surface area (Å²) in [5, 5.41) is 1.54. The van der Waals surface area contributed by atoms with Gasteiger partial charge < -0.3 is 4.74 Å². The van der Waals surface area contributed by atoms with Crippen molar-refractivity contribution in [2.75, 3.05) is 6.61 Å². The second-order valence-electron chi connectivity index (χ2n) is 6.61. The van der Waals surface area contributed by atoms with Crippen LogP contribution < -0.4 is 5.19 Å². The number of ether oxygens (including phenoxy) is 1. The number of hydrogen-bond donors (Lipinski definition) is 0. The quantitative estimate of drug-likeness (QED) is 0.352. The van der Waals surface area contributed by atoms with Crippen molar-refractivity contribution in [2.24, 2.45) is 0 Å². The molecule has 0 aliphatic heterocycles. The molecule has 0 heterocycles. The van der Waals surface area contributed by atoms with Gasteiger partial charge in [-0.05, 0) is 24.4 Å². The summed E-state index contributed by atoms with van der Waals surface area (Å²) >= 11 is 0. The lowest BCUT2D eigenvalue weighted by atomic mass is 10.2. The van der Waals surface area contributed by atoms with Gasteiger partial charge in [-0.3, -0.25) is 0 Å². The van der Waals surface area contributed by atoms with Crippen LogP contribution >= 0.6 is 0 Å². The Bertz CT molecular complexity index is 575. The smallest absolute Gasteiger partial charge is 0.0843 e. The molecule has 0 aliphatic carbocycles. The molecule has 0 bridgehead atoms. The molecule has 0 aliphatic rings. The first-order valence-corrected chi connectivity index (χ1v) is 11.7. The molecule has 23 heavy (non-hydrogen) atoms. The minimum atomic E-state index is -1.32. The van der Waals surface area contributed by atoms with Crippen LogP contribution in [0.15, 0.2) is 72.8 Å². The Morgan fingerprint density at radius 3 is 2.22 bits per heavy atom. The van der Waals surface area contributed by atoms with E-state index in [4.69, 9.17) is 4.74 Å². The van der Waals surface area contributed by atoms with Gasteiger partial charge in [-0.25, -0.2) is 0 Å². The summed E-state index contributed by atoms with van der Waals surface area (Å²) in [6.07, 6.45) is 6.89. The molecule has 2 aromatic rings. The summed E-state index contributed by atoms with van der Waals surface area (Å²) in [5.41, 5.74) is 1.25. The minimum Gasteiger partial charge on any atom is -0.377 e. The molecule has 0 amide bonds. The van der Waals surface area contributed by atoms with E-state index in [1.165, 1.54) is 16.8 Å². The van der Waals surface area contributed by atoms with Gasteiger partial charge in [0.05, 0.1) is 14.7 Å². The highest BCUT2D eigenvalue weighted by atomic mass is 28.3. The second-order valence-corrected chi connectivity index (χ2v) is 11.4. The Morgan fingerprint density at radius 2 is 1.52 bits per heavy atom. The molecule has 0 saturated carbocycles. The highest BCUT2D eigenvalue weighted by Crippen LogP contribution is 2.11. The number of hydrogen-bond acceptors (Lipinski definition) is 1. The lowest BCUT2D eigenvalue weighted by Gasteiger charge is -2.20. The van der Waals surface area contributed by atoms with Gasteiger partial charge in [-0.1, -0.05) is 91.1 Å². The summed E-state index contributed by atoms with van der Waals surface area (Å²) in [5.74, 6) is 0. The molecule has 0 saturated heterocycles. The predicted molar refractivity (Wildman–Crippen MR) is 103 cm³/mol. The predicted octanol–water partition coefficient (Wildman–Crippen LogP) is 5.16. The molecule has 2 heteroatoms. The zero-order valence-electron chi connectivity index (χ0n) is 14.4. The monoisotopic (exact) mass is 324 g/mol. The van der Waals surface area contributed by atoms with Crippen LogP contribution in [-0.4, -0.2) is 14.7 Å². The Balaban J connectivity index is 1.60. The van der Waals surface area contributed by atoms with Crippen molar-refractivity contribution < 1.29 is 4.74 Å². The maximum Gasteiger partial charge on any atom is 0.0843 e. The summed E-state index contributed by atoms with van der Waals surface area (Å²) in [4.78, 5) is 0. The van der Waals surface area contributed by atoms with Crippen molar-refractivity contribution in [3.05, 3.63) is 78.4 Å². The minimum absolute atomic E-state index is 0.721. The lowest BCUT2D eigenvalue weighted by Crippen LogP contribution is -2.40. The molecule has 0 atom stereocenters. The van der Waals surface area contributed by atoms with E-state index in [-0.39, 0.29) is 0 Å². The van der Waals surface area contributed by atoms with Gasteiger partial charge in [0, 0.05) is 6.61 Å². The number of benzene rings is 2. The van der Waals surface area contributed by atoms with Crippen molar-refractivity contribution in [3.8, 4) is 0 Å². The molecule has 1 nitrogen and oxygen atoms in total. The standard InChI is InChI=1S/C21H28OSi/c1-23(2,21-15-9-6-10-16-21)18-12-4-3-11-17-22-19-20-13-7-5-8-14-20/h4-10,12-16H,3,11,17-19H2,1-2H3/b12-4+. The third kappa shape index (κ3) is 6.55. The van der Waals surface area contributed by atoms with Gasteiger partial charge in [0.2, 0.25) is 0 Å². The topological polar surface area (TPSA) is 9.23 Å². The zero-order valence-corrected chi connectivity index (χ0v) is 15.4. The average Bonchev–Trinajstić information content (AvgIpc) is 2.59. The van der Waals surface area contributed by atoms with Crippen LogP contribution in [0.1, 0.15) is 18.4 Å². The molecule has 0 aromatic heterocycles. The molecule has 0 fully saturated rings. The van der Waals surface area contributed by atoms with E-state index in [0.717, 1.165) is 26.1 Å². The third-order valence-electron chi connectivity index (χ3n) is 4.12. The first-order chi connectivity index (χ1) is 11.2. The summed E-state index contributed by atoms with van der Waals surface area (Å²) < 4.78 is 5.71. The van der Waals surface area contributed by atoms with E-state index in [0.29, 0.717) is 0 Å². The fourth-order valence-electron chi connectivity index (χ4n) is 2.57. The van der Waals surface area contributed by atoms with Crippen LogP contribution in [0.4, 0.5) is 0 Å². The average molecular weight is 325 g/mol. The molecule has 0 spiro atoms. The number of rotatable bonds is 9. The van der Waals surface area contributed by atoms with E-state index in [1.54, 1.807) is 0 Å². The molecular weight excluding hydrogens is 296 g/mol. The third-order valence-corrected chi connectivity index (χ3v) is 7.27. The van der Waals surface area contributed by atoms with E-state index < -0.39 is 8.07 Å². The molecule has 0 N–H and O–H groups in total. The summed E-state index contributed by atoms with van der Waals surface area (Å²) in [6.45, 7) is 6.43. The van der Waals surface area contributed by atoms with Crippen molar-refractivity contribution >= 4 is 13.3 Å². The normalized spacial score (nSPS) is 11.9. The van der Waals surface area contributed by atoms with Gasteiger partial charge in [-0.15, -0.1) is 0 Å². The molecule has 2 rings (SSSR count). The van der Waals surface area contributed by atoms with Gasteiger partial charge in [0.25, 0.3) is 0 Å².